The van der Waals surface area contributed by atoms with Gasteiger partial charge in [0.15, 0.2) is 0 Å². The van der Waals surface area contributed by atoms with Gasteiger partial charge in [0.1, 0.15) is 4.90 Å². The lowest BCUT2D eigenvalue weighted by molar-refractivity contribution is 0.582. The van der Waals surface area contributed by atoms with Crippen molar-refractivity contribution in [2.75, 3.05) is 6.54 Å². The average Bonchev–Trinajstić information content (AvgIpc) is 2.17. The van der Waals surface area contributed by atoms with E-state index in [0.717, 1.165) is 0 Å². The van der Waals surface area contributed by atoms with Crippen LogP contribution in [0.25, 0.3) is 0 Å². The zero-order valence-electron chi connectivity index (χ0n) is 8.07. The van der Waals surface area contributed by atoms with E-state index in [4.69, 9.17) is 16.9 Å². The molecule has 0 saturated heterocycles. The third-order valence-corrected chi connectivity index (χ3v) is 4.15. The predicted molar refractivity (Wildman–Crippen MR) is 64.6 cm³/mol. The van der Waals surface area contributed by atoms with Crippen LogP contribution < -0.4 is 4.72 Å². The van der Waals surface area contributed by atoms with Crippen LogP contribution in [-0.4, -0.2) is 15.0 Å². The summed E-state index contributed by atoms with van der Waals surface area (Å²) in [4.78, 5) is 0.00954. The molecule has 0 heterocycles. The normalized spacial score (nSPS) is 11.1. The molecule has 0 amide bonds. The monoisotopic (exact) mass is 322 g/mol. The summed E-state index contributed by atoms with van der Waals surface area (Å²) in [5.41, 5.74) is 0. The van der Waals surface area contributed by atoms with Crippen molar-refractivity contribution in [2.24, 2.45) is 0 Å². The fraction of sp³-hybridized carbons (Fsp3) is 0.222. The van der Waals surface area contributed by atoms with Crippen molar-refractivity contribution in [3.8, 4) is 6.07 Å². The fourth-order valence-corrected chi connectivity index (χ4v) is 3.08. The molecule has 16 heavy (non-hydrogen) atoms. The molecule has 86 valence electrons. The van der Waals surface area contributed by atoms with Crippen LogP contribution in [0.1, 0.15) is 6.42 Å². The smallest absolute Gasteiger partial charge is 0.210 e. The van der Waals surface area contributed by atoms with Crippen molar-refractivity contribution in [3.63, 3.8) is 0 Å². The number of rotatable bonds is 4. The Hall–Kier alpha value is -0.610. The standard InChI is InChI=1S/C9H8BrClN2O2S/c10-7-2-3-9(8(11)6-7)16(14,15)13-5-1-4-12/h2-3,6,13H,1,5H2. The van der Waals surface area contributed by atoms with Crippen LogP contribution in [-0.2, 0) is 10.0 Å². The van der Waals surface area contributed by atoms with Gasteiger partial charge in [-0.05, 0) is 18.2 Å². The topological polar surface area (TPSA) is 70.0 Å². The van der Waals surface area contributed by atoms with E-state index in [2.05, 4.69) is 20.7 Å². The van der Waals surface area contributed by atoms with Crippen LogP contribution >= 0.6 is 27.5 Å². The summed E-state index contributed by atoms with van der Waals surface area (Å²) in [7, 11) is -3.63. The minimum absolute atomic E-state index is 0.00954. The van der Waals surface area contributed by atoms with Crippen molar-refractivity contribution < 1.29 is 8.42 Å². The third kappa shape index (κ3) is 3.46. The number of nitriles is 1. The Bertz CT molecular complexity index is 525. The largest absolute Gasteiger partial charge is 0.242 e. The molecule has 1 aromatic rings. The first kappa shape index (κ1) is 13.5. The SMILES string of the molecule is N#CCCNS(=O)(=O)c1ccc(Br)cc1Cl. The summed E-state index contributed by atoms with van der Waals surface area (Å²) in [6.07, 6.45) is 0.118. The van der Waals surface area contributed by atoms with Gasteiger partial charge in [-0.1, -0.05) is 27.5 Å². The molecule has 0 aliphatic rings. The first-order valence-corrected chi connectivity index (χ1v) is 6.94. The molecule has 0 aliphatic heterocycles. The molecule has 7 heteroatoms. The van der Waals surface area contributed by atoms with E-state index >= 15 is 0 Å². The molecule has 0 spiro atoms. The Kier molecular flexibility index (Phi) is 4.74. The van der Waals surface area contributed by atoms with Gasteiger partial charge in [0.2, 0.25) is 10.0 Å². The van der Waals surface area contributed by atoms with E-state index in [0.29, 0.717) is 4.47 Å². The van der Waals surface area contributed by atoms with Crippen LogP contribution in [0, 0.1) is 11.3 Å². The number of nitrogens with one attached hydrogen (secondary N) is 1. The lowest BCUT2D eigenvalue weighted by Crippen LogP contribution is -2.24. The van der Waals surface area contributed by atoms with Crippen LogP contribution in [0.5, 0.6) is 0 Å². The van der Waals surface area contributed by atoms with Gasteiger partial charge in [-0.3, -0.25) is 0 Å². The molecular formula is C9H8BrClN2O2S. The maximum atomic E-state index is 11.7. The van der Waals surface area contributed by atoms with E-state index in [1.807, 2.05) is 6.07 Å². The van der Waals surface area contributed by atoms with Crippen molar-refractivity contribution in [2.45, 2.75) is 11.3 Å². The molecule has 0 aromatic heterocycles. The van der Waals surface area contributed by atoms with Crippen molar-refractivity contribution in [1.82, 2.24) is 4.72 Å². The summed E-state index contributed by atoms with van der Waals surface area (Å²) in [6, 6.07) is 6.34. The van der Waals surface area contributed by atoms with E-state index in [9.17, 15) is 8.42 Å². The highest BCUT2D eigenvalue weighted by Gasteiger charge is 2.16. The minimum atomic E-state index is -3.63. The summed E-state index contributed by atoms with van der Waals surface area (Å²) < 4.78 is 26.4. The van der Waals surface area contributed by atoms with Crippen molar-refractivity contribution in [3.05, 3.63) is 27.7 Å². The molecule has 0 bridgehead atoms. The maximum Gasteiger partial charge on any atom is 0.242 e. The molecule has 0 saturated carbocycles. The van der Waals surface area contributed by atoms with Crippen molar-refractivity contribution >= 4 is 37.6 Å². The van der Waals surface area contributed by atoms with E-state index in [1.54, 1.807) is 6.07 Å². The molecular weight excluding hydrogens is 316 g/mol. The fourth-order valence-electron chi connectivity index (χ4n) is 1.01. The maximum absolute atomic E-state index is 11.7. The summed E-state index contributed by atoms with van der Waals surface area (Å²) in [5.74, 6) is 0. The quantitative estimate of drug-likeness (QED) is 0.864. The van der Waals surface area contributed by atoms with Crippen LogP contribution in [0.3, 0.4) is 0 Å². The number of hydrogen-bond donors (Lipinski definition) is 1. The molecule has 0 aliphatic carbocycles. The van der Waals surface area contributed by atoms with Crippen LogP contribution in [0.4, 0.5) is 0 Å². The number of sulfonamides is 1. The van der Waals surface area contributed by atoms with Crippen LogP contribution in [0.15, 0.2) is 27.6 Å². The lowest BCUT2D eigenvalue weighted by Gasteiger charge is -2.06. The second-order valence-corrected chi connectivity index (χ2v) is 5.94. The number of nitrogens with zero attached hydrogens (tertiary/aromatic N) is 1. The molecule has 4 nitrogen and oxygen atoms in total. The molecule has 0 atom stereocenters. The van der Waals surface area contributed by atoms with Gasteiger partial charge in [0, 0.05) is 17.4 Å². The molecule has 0 radical (unpaired) electrons. The van der Waals surface area contributed by atoms with Gasteiger partial charge < -0.3 is 0 Å². The first-order valence-electron chi connectivity index (χ1n) is 4.29. The second-order valence-electron chi connectivity index (χ2n) is 2.88. The summed E-state index contributed by atoms with van der Waals surface area (Å²) in [5, 5.41) is 8.45. The van der Waals surface area contributed by atoms with Gasteiger partial charge in [0.05, 0.1) is 11.1 Å². The number of halogens is 2. The molecule has 1 N–H and O–H groups in total. The van der Waals surface area contributed by atoms with Gasteiger partial charge in [-0.2, -0.15) is 5.26 Å². The summed E-state index contributed by atoms with van der Waals surface area (Å²) in [6.45, 7) is 0.0746. The average molecular weight is 324 g/mol. The molecule has 0 fully saturated rings. The zero-order chi connectivity index (χ0) is 12.2. The highest BCUT2D eigenvalue weighted by molar-refractivity contribution is 9.10. The van der Waals surface area contributed by atoms with Gasteiger partial charge in [0.25, 0.3) is 0 Å². The Morgan fingerprint density at radius 1 is 1.50 bits per heavy atom. The predicted octanol–water partition coefficient (Wildman–Crippen LogP) is 2.29. The zero-order valence-corrected chi connectivity index (χ0v) is 11.2. The first-order chi connectivity index (χ1) is 7.47. The van der Waals surface area contributed by atoms with Crippen LogP contribution in [0.2, 0.25) is 5.02 Å². The Morgan fingerprint density at radius 2 is 2.19 bits per heavy atom. The Morgan fingerprint density at radius 3 is 2.75 bits per heavy atom. The Labute approximate surface area is 107 Å². The summed E-state index contributed by atoms with van der Waals surface area (Å²) >= 11 is 9.00. The van der Waals surface area contributed by atoms with Gasteiger partial charge in [-0.15, -0.1) is 0 Å². The molecule has 1 rings (SSSR count). The van der Waals surface area contributed by atoms with Gasteiger partial charge >= 0.3 is 0 Å². The van der Waals surface area contributed by atoms with Crippen molar-refractivity contribution in [1.29, 1.82) is 5.26 Å². The molecule has 0 unspecified atom stereocenters. The Balaban J connectivity index is 2.95. The minimum Gasteiger partial charge on any atom is -0.210 e. The second kappa shape index (κ2) is 5.64. The highest BCUT2D eigenvalue weighted by atomic mass is 79.9. The lowest BCUT2D eigenvalue weighted by atomic mass is 10.4. The highest BCUT2D eigenvalue weighted by Crippen LogP contribution is 2.24. The van der Waals surface area contributed by atoms with E-state index in [-0.39, 0.29) is 22.9 Å². The van der Waals surface area contributed by atoms with Gasteiger partial charge in [-0.25, -0.2) is 13.1 Å². The third-order valence-electron chi connectivity index (χ3n) is 1.71. The van der Waals surface area contributed by atoms with E-state index in [1.165, 1.54) is 12.1 Å². The number of benzene rings is 1. The molecule has 1 aromatic carbocycles. The number of hydrogen-bond acceptors (Lipinski definition) is 3. The van der Waals surface area contributed by atoms with E-state index < -0.39 is 10.0 Å².